The van der Waals surface area contributed by atoms with Gasteiger partial charge in [-0.25, -0.2) is 0 Å². The predicted octanol–water partition coefficient (Wildman–Crippen LogP) is 4.30. The van der Waals surface area contributed by atoms with Crippen LogP contribution in [0.25, 0.3) is 0 Å². The van der Waals surface area contributed by atoms with Gasteiger partial charge < -0.3 is 20.5 Å². The third-order valence-corrected chi connectivity index (χ3v) is 7.61. The van der Waals surface area contributed by atoms with Crippen LogP contribution in [-0.2, 0) is 22.6 Å². The van der Waals surface area contributed by atoms with Crippen LogP contribution in [0.4, 0.5) is 5.69 Å². The monoisotopic (exact) mass is 493 g/mol. The van der Waals surface area contributed by atoms with Gasteiger partial charge in [-0.15, -0.1) is 0 Å². The Morgan fingerprint density at radius 2 is 1.89 bits per heavy atom. The predicted molar refractivity (Wildman–Crippen MR) is 141 cm³/mol. The van der Waals surface area contributed by atoms with Crippen molar-refractivity contribution in [2.45, 2.75) is 71.6 Å². The average molecular weight is 494 g/mol. The van der Waals surface area contributed by atoms with E-state index in [-0.39, 0.29) is 24.3 Å². The fourth-order valence-corrected chi connectivity index (χ4v) is 5.35. The molecule has 2 aromatic carbocycles. The lowest BCUT2D eigenvalue weighted by Crippen LogP contribution is -2.48. The first kappa shape index (κ1) is 26.2. The molecule has 7 heteroatoms. The van der Waals surface area contributed by atoms with Gasteiger partial charge in [0.15, 0.2) is 0 Å². The summed E-state index contributed by atoms with van der Waals surface area (Å²) in [6, 6.07) is 12.0. The number of amides is 1. The standard InChI is InChI=1S/C29H39N3O4/c1-19-17-32(14-13-30-19)18-24-9-12-27(21(3)20(24)2)31-29(35)23-7-10-25(11-8-23)36-26-6-4-5-22(15-26)16-28(33)34/h4-6,9,12,15,19,23,25,30H,7-8,10-11,13-14,16-18H2,1-3H3,(H,31,35)(H,33,34)/t19-,23?,25?/m0/s1. The van der Waals surface area contributed by atoms with E-state index < -0.39 is 5.97 Å². The number of rotatable bonds is 8. The van der Waals surface area contributed by atoms with Crippen molar-refractivity contribution < 1.29 is 19.4 Å². The van der Waals surface area contributed by atoms with Crippen LogP contribution in [0, 0.1) is 19.8 Å². The Bertz CT molecular complexity index is 1080. The second-order valence-corrected chi connectivity index (χ2v) is 10.4. The fourth-order valence-electron chi connectivity index (χ4n) is 5.35. The molecule has 194 valence electrons. The molecule has 0 radical (unpaired) electrons. The van der Waals surface area contributed by atoms with Crippen molar-refractivity contribution in [2.75, 3.05) is 25.0 Å². The highest BCUT2D eigenvalue weighted by atomic mass is 16.5. The van der Waals surface area contributed by atoms with E-state index in [2.05, 4.69) is 48.4 Å². The molecule has 1 amide bonds. The Morgan fingerprint density at radius 1 is 1.11 bits per heavy atom. The van der Waals surface area contributed by atoms with Gasteiger partial charge in [0.2, 0.25) is 5.91 Å². The van der Waals surface area contributed by atoms with E-state index in [4.69, 9.17) is 9.84 Å². The van der Waals surface area contributed by atoms with E-state index in [9.17, 15) is 9.59 Å². The lowest BCUT2D eigenvalue weighted by Gasteiger charge is -2.32. The number of anilines is 1. The van der Waals surface area contributed by atoms with Gasteiger partial charge in [0.05, 0.1) is 12.5 Å². The van der Waals surface area contributed by atoms with Crippen LogP contribution in [0.5, 0.6) is 5.75 Å². The number of ether oxygens (including phenoxy) is 1. The first-order chi connectivity index (χ1) is 17.3. The third kappa shape index (κ3) is 6.86. The quantitative estimate of drug-likeness (QED) is 0.508. The number of nitrogens with one attached hydrogen (secondary N) is 2. The second-order valence-electron chi connectivity index (χ2n) is 10.4. The van der Waals surface area contributed by atoms with E-state index in [1.54, 1.807) is 12.1 Å². The summed E-state index contributed by atoms with van der Waals surface area (Å²) in [5, 5.41) is 15.7. The Morgan fingerprint density at radius 3 is 2.61 bits per heavy atom. The number of nitrogens with zero attached hydrogens (tertiary/aromatic N) is 1. The first-order valence-electron chi connectivity index (χ1n) is 13.1. The van der Waals surface area contributed by atoms with Crippen LogP contribution >= 0.6 is 0 Å². The molecule has 2 aliphatic rings. The topological polar surface area (TPSA) is 90.9 Å². The van der Waals surface area contributed by atoms with Gasteiger partial charge in [-0.3, -0.25) is 14.5 Å². The lowest BCUT2D eigenvalue weighted by molar-refractivity contribution is -0.136. The molecule has 1 atom stereocenters. The third-order valence-electron chi connectivity index (χ3n) is 7.61. The highest BCUT2D eigenvalue weighted by Gasteiger charge is 2.28. The number of aliphatic carboxylic acids is 1. The van der Waals surface area contributed by atoms with E-state index in [1.807, 2.05) is 12.1 Å². The van der Waals surface area contributed by atoms with E-state index in [1.165, 1.54) is 11.1 Å². The van der Waals surface area contributed by atoms with Gasteiger partial charge in [0, 0.05) is 43.8 Å². The number of hydrogen-bond acceptors (Lipinski definition) is 5. The largest absolute Gasteiger partial charge is 0.490 e. The molecule has 1 aliphatic carbocycles. The summed E-state index contributed by atoms with van der Waals surface area (Å²) in [5.41, 5.74) is 5.35. The number of carboxylic acid groups (broad SMARTS) is 1. The van der Waals surface area contributed by atoms with E-state index in [0.29, 0.717) is 11.8 Å². The molecule has 1 aliphatic heterocycles. The van der Waals surface area contributed by atoms with Crippen LogP contribution in [0.1, 0.15) is 54.9 Å². The number of carbonyl (C=O) groups excluding carboxylic acids is 1. The summed E-state index contributed by atoms with van der Waals surface area (Å²) in [6.07, 6.45) is 3.21. The Hall–Kier alpha value is -2.90. The maximum absolute atomic E-state index is 13.1. The summed E-state index contributed by atoms with van der Waals surface area (Å²) >= 11 is 0. The van der Waals surface area contributed by atoms with Crippen LogP contribution in [0.15, 0.2) is 36.4 Å². The van der Waals surface area contributed by atoms with Crippen molar-refractivity contribution in [1.29, 1.82) is 0 Å². The fraction of sp³-hybridized carbons (Fsp3) is 0.517. The Balaban J connectivity index is 1.29. The van der Waals surface area contributed by atoms with Crippen LogP contribution in [0.2, 0.25) is 0 Å². The summed E-state index contributed by atoms with van der Waals surface area (Å²) < 4.78 is 6.11. The minimum atomic E-state index is -0.854. The van der Waals surface area contributed by atoms with E-state index in [0.717, 1.165) is 68.7 Å². The molecule has 1 heterocycles. The number of carbonyl (C=O) groups is 2. The number of hydrogen-bond donors (Lipinski definition) is 3. The minimum Gasteiger partial charge on any atom is -0.490 e. The molecule has 36 heavy (non-hydrogen) atoms. The molecule has 7 nitrogen and oxygen atoms in total. The molecule has 0 spiro atoms. The average Bonchev–Trinajstić information content (AvgIpc) is 2.84. The molecule has 0 aromatic heterocycles. The molecule has 2 fully saturated rings. The molecule has 0 bridgehead atoms. The van der Waals surface area contributed by atoms with Crippen molar-refractivity contribution in [3.63, 3.8) is 0 Å². The SMILES string of the molecule is Cc1c(CN2CCN[C@@H](C)C2)ccc(NC(=O)C2CCC(Oc3cccc(CC(=O)O)c3)CC2)c1C. The molecular formula is C29H39N3O4. The van der Waals surface area contributed by atoms with Gasteiger partial charge in [-0.05, 0) is 86.9 Å². The number of piperazine rings is 1. The van der Waals surface area contributed by atoms with Gasteiger partial charge in [0.1, 0.15) is 5.75 Å². The molecule has 2 aromatic rings. The van der Waals surface area contributed by atoms with Crippen molar-refractivity contribution >= 4 is 17.6 Å². The molecule has 0 unspecified atom stereocenters. The van der Waals surface area contributed by atoms with Gasteiger partial charge in [0.25, 0.3) is 0 Å². The first-order valence-corrected chi connectivity index (χ1v) is 13.1. The normalized spacial score (nSPS) is 22.7. The zero-order chi connectivity index (χ0) is 25.7. The Kier molecular flexibility index (Phi) is 8.64. The zero-order valence-electron chi connectivity index (χ0n) is 21.7. The summed E-state index contributed by atoms with van der Waals surface area (Å²) in [6.45, 7) is 10.5. The van der Waals surface area contributed by atoms with Crippen molar-refractivity contribution in [3.8, 4) is 5.75 Å². The molecular weight excluding hydrogens is 454 g/mol. The van der Waals surface area contributed by atoms with Crippen molar-refractivity contribution in [1.82, 2.24) is 10.2 Å². The maximum atomic E-state index is 13.1. The van der Waals surface area contributed by atoms with Gasteiger partial charge >= 0.3 is 5.97 Å². The van der Waals surface area contributed by atoms with Gasteiger partial charge in [-0.2, -0.15) is 0 Å². The summed E-state index contributed by atoms with van der Waals surface area (Å²) in [5.74, 6) is -0.0935. The summed E-state index contributed by atoms with van der Waals surface area (Å²) in [7, 11) is 0. The zero-order valence-corrected chi connectivity index (χ0v) is 21.7. The molecule has 4 rings (SSSR count). The van der Waals surface area contributed by atoms with Crippen molar-refractivity contribution in [3.05, 3.63) is 58.7 Å². The van der Waals surface area contributed by atoms with Crippen LogP contribution in [0.3, 0.4) is 0 Å². The van der Waals surface area contributed by atoms with Crippen molar-refractivity contribution in [2.24, 2.45) is 5.92 Å². The summed E-state index contributed by atoms with van der Waals surface area (Å²) in [4.78, 5) is 26.5. The lowest BCUT2D eigenvalue weighted by atomic mass is 9.86. The van der Waals surface area contributed by atoms with Crippen LogP contribution < -0.4 is 15.4 Å². The molecule has 3 N–H and O–H groups in total. The second kappa shape index (κ2) is 11.9. The molecule has 1 saturated heterocycles. The smallest absolute Gasteiger partial charge is 0.307 e. The Labute approximate surface area is 214 Å². The minimum absolute atomic E-state index is 0.0150. The number of benzene rings is 2. The van der Waals surface area contributed by atoms with E-state index >= 15 is 0 Å². The van der Waals surface area contributed by atoms with Crippen LogP contribution in [-0.4, -0.2) is 53.7 Å². The number of carboxylic acids is 1. The highest BCUT2D eigenvalue weighted by molar-refractivity contribution is 5.93. The molecule has 1 saturated carbocycles. The highest BCUT2D eigenvalue weighted by Crippen LogP contribution is 2.30. The van der Waals surface area contributed by atoms with Gasteiger partial charge in [-0.1, -0.05) is 18.2 Å². The maximum Gasteiger partial charge on any atom is 0.307 e.